The molecule has 7 nitrogen and oxygen atoms in total. The lowest BCUT2D eigenvalue weighted by Crippen LogP contribution is -2.44. The van der Waals surface area contributed by atoms with Crippen LogP contribution in [0.25, 0.3) is 4.85 Å². The first-order valence-electron chi connectivity index (χ1n) is 11.8. The number of aryl methyl sites for hydroxylation is 1. The first-order valence-corrected chi connectivity index (χ1v) is 11.8. The minimum absolute atomic E-state index is 0.103. The third-order valence-corrected chi connectivity index (χ3v) is 6.61. The first-order chi connectivity index (χ1) is 16.0. The Morgan fingerprint density at radius 1 is 1.24 bits per heavy atom. The van der Waals surface area contributed by atoms with Crippen molar-refractivity contribution in [2.24, 2.45) is 17.8 Å². The molecule has 0 bridgehead atoms. The van der Waals surface area contributed by atoms with E-state index in [0.717, 1.165) is 29.4 Å². The summed E-state index contributed by atoms with van der Waals surface area (Å²) in [6.07, 6.45) is 12.5. The molecule has 1 amide bonds. The summed E-state index contributed by atoms with van der Waals surface area (Å²) in [6, 6.07) is 8.19. The number of rotatable bonds is 5. The number of aromatic nitrogens is 1. The molecule has 2 saturated carbocycles. The van der Waals surface area contributed by atoms with Gasteiger partial charge in [0.2, 0.25) is 5.69 Å². The molecular formula is C26H32N4O3+2. The summed E-state index contributed by atoms with van der Waals surface area (Å²) >= 11 is 0. The predicted molar refractivity (Wildman–Crippen MR) is 125 cm³/mol. The van der Waals surface area contributed by atoms with Crippen LogP contribution in [0.3, 0.4) is 0 Å². The van der Waals surface area contributed by atoms with Gasteiger partial charge in [-0.15, -0.1) is 0 Å². The maximum Gasteiger partial charge on any atom is 0.325 e. The molecule has 0 atom stereocenters. The number of allylic oxidation sites excluding steroid dienone is 3. The van der Waals surface area contributed by atoms with E-state index in [2.05, 4.69) is 16.2 Å². The van der Waals surface area contributed by atoms with Gasteiger partial charge in [-0.1, -0.05) is 0 Å². The molecule has 0 aliphatic heterocycles. The highest BCUT2D eigenvalue weighted by atomic mass is 16.5. The molecule has 0 aromatic carbocycles. The normalized spacial score (nSPS) is 23.8. The quantitative estimate of drug-likeness (QED) is 0.457. The number of pyridine rings is 1. The van der Waals surface area contributed by atoms with Gasteiger partial charge in [-0.3, -0.25) is 15.4 Å². The van der Waals surface area contributed by atoms with Crippen molar-refractivity contribution in [2.75, 3.05) is 6.61 Å². The van der Waals surface area contributed by atoms with Crippen molar-refractivity contribution in [1.82, 2.24) is 5.32 Å². The molecule has 3 aliphatic rings. The largest absolute Gasteiger partial charge is 0.492 e. The van der Waals surface area contributed by atoms with Gasteiger partial charge >= 0.3 is 17.8 Å². The van der Waals surface area contributed by atoms with Crippen LogP contribution >= 0.6 is 0 Å². The summed E-state index contributed by atoms with van der Waals surface area (Å²) in [5.74, 6) is 2.16. The molecule has 0 radical (unpaired) electrons. The molecule has 4 rings (SSSR count). The van der Waals surface area contributed by atoms with Gasteiger partial charge in [0, 0.05) is 29.9 Å². The smallest absolute Gasteiger partial charge is 0.325 e. The average molecular weight is 449 g/mol. The van der Waals surface area contributed by atoms with Crippen molar-refractivity contribution >= 4 is 11.6 Å². The molecule has 172 valence electrons. The summed E-state index contributed by atoms with van der Waals surface area (Å²) in [5, 5.41) is 21.3. The molecule has 0 spiro atoms. The third kappa shape index (κ3) is 5.51. The molecule has 1 aromatic rings. The minimum Gasteiger partial charge on any atom is -0.492 e. The molecule has 7 heteroatoms. The van der Waals surface area contributed by atoms with Crippen molar-refractivity contribution in [3.63, 3.8) is 0 Å². The van der Waals surface area contributed by atoms with E-state index < -0.39 is 5.91 Å². The van der Waals surface area contributed by atoms with Crippen molar-refractivity contribution in [3.8, 4) is 6.07 Å². The molecule has 3 aliphatic carbocycles. The fourth-order valence-electron chi connectivity index (χ4n) is 4.54. The molecule has 1 aromatic heterocycles. The zero-order valence-corrected chi connectivity index (χ0v) is 19.3. The molecule has 33 heavy (non-hydrogen) atoms. The molecule has 0 saturated heterocycles. The van der Waals surface area contributed by atoms with Crippen LogP contribution in [0.15, 0.2) is 53.6 Å². The van der Waals surface area contributed by atoms with E-state index >= 15 is 0 Å². The number of ether oxygens (including phenoxy) is 1. The van der Waals surface area contributed by atoms with Crippen LogP contribution in [-0.4, -0.2) is 23.4 Å². The van der Waals surface area contributed by atoms with Crippen LogP contribution in [0.2, 0.25) is 0 Å². The predicted octanol–water partition coefficient (Wildman–Crippen LogP) is 4.52. The van der Waals surface area contributed by atoms with E-state index in [1.54, 1.807) is 37.4 Å². The number of hydrogen-bond acceptors (Lipinski definition) is 4. The summed E-state index contributed by atoms with van der Waals surface area (Å²) in [6.45, 7) is 3.94. The highest BCUT2D eigenvalue weighted by Crippen LogP contribution is 2.44. The lowest BCUT2D eigenvalue weighted by atomic mass is 9.80. The fourth-order valence-corrected chi connectivity index (χ4v) is 4.54. The second-order valence-corrected chi connectivity index (χ2v) is 9.02. The lowest BCUT2D eigenvalue weighted by molar-refractivity contribution is -0.909. The topological polar surface area (TPSA) is 90.6 Å². The second-order valence-electron chi connectivity index (χ2n) is 9.02. The Bertz CT molecular complexity index is 1090. The first kappa shape index (κ1) is 22.8. The van der Waals surface area contributed by atoms with Gasteiger partial charge < -0.3 is 10.1 Å². The maximum absolute atomic E-state index is 12.8. The van der Waals surface area contributed by atoms with Gasteiger partial charge in [-0.2, -0.15) is 0 Å². The fraction of sp³-hybridized carbons (Fsp3) is 0.462. The summed E-state index contributed by atoms with van der Waals surface area (Å²) in [7, 11) is 0. The SMILES string of the molecule is CCOC1=CC(=N)/C(=C\[N+]#CC2CCC(C3CC3)CC2)C=C1NC(=O)c1cccc(C)[n+]1O. The van der Waals surface area contributed by atoms with Crippen molar-refractivity contribution in [3.05, 3.63) is 69.8 Å². The Labute approximate surface area is 194 Å². The van der Waals surface area contributed by atoms with Crippen LogP contribution in [0.4, 0.5) is 0 Å². The Hall–Kier alpha value is -3.40. The summed E-state index contributed by atoms with van der Waals surface area (Å²) in [4.78, 5) is 17.2. The van der Waals surface area contributed by atoms with Crippen LogP contribution < -0.4 is 10.0 Å². The molecule has 1 heterocycles. The number of nitrogens with one attached hydrogen (secondary N) is 2. The van der Waals surface area contributed by atoms with E-state index in [-0.39, 0.29) is 11.4 Å². The van der Waals surface area contributed by atoms with Crippen molar-refractivity contribution in [1.29, 1.82) is 5.41 Å². The molecule has 2 fully saturated rings. The third-order valence-electron chi connectivity index (χ3n) is 6.61. The number of hydrogen-bond donors (Lipinski definition) is 3. The van der Waals surface area contributed by atoms with Gasteiger partial charge in [0.05, 0.1) is 29.5 Å². The molecule has 0 unspecified atom stereocenters. The van der Waals surface area contributed by atoms with Gasteiger partial charge in [0.15, 0.2) is 0 Å². The van der Waals surface area contributed by atoms with Crippen LogP contribution in [0, 0.1) is 36.2 Å². The van der Waals surface area contributed by atoms with Crippen LogP contribution in [0.1, 0.15) is 61.6 Å². The average Bonchev–Trinajstić information content (AvgIpc) is 3.64. The van der Waals surface area contributed by atoms with Crippen LogP contribution in [-0.2, 0) is 4.74 Å². The number of carbonyl (C=O) groups is 1. The van der Waals surface area contributed by atoms with E-state index in [0.29, 0.717) is 35.2 Å². The number of nitrogens with zero attached hydrogens (tertiary/aromatic N) is 2. The highest BCUT2D eigenvalue weighted by molar-refractivity contribution is 6.10. The van der Waals surface area contributed by atoms with Gasteiger partial charge in [0.1, 0.15) is 5.76 Å². The summed E-state index contributed by atoms with van der Waals surface area (Å²) < 4.78 is 6.48. The molecule has 3 N–H and O–H groups in total. The standard InChI is InChI=1S/C26H31N4O3/c1-3-33-25-14-22(27)21(16-28-15-18-7-9-19(10-8-18)20-11-12-20)13-23(25)29-26(31)24-6-4-5-17(2)30(24)32/h4-6,13-14,16,18-20,27H,3,7-12H2,1-2H3,(H-,29,31,32)/q+1/p+1/b21-16-,27-22?. The maximum atomic E-state index is 12.8. The summed E-state index contributed by atoms with van der Waals surface area (Å²) in [5.41, 5.74) is 1.89. The lowest BCUT2D eigenvalue weighted by Gasteiger charge is -2.22. The van der Waals surface area contributed by atoms with Gasteiger partial charge in [-0.05, 0) is 74.3 Å². The zero-order valence-electron chi connectivity index (χ0n) is 19.3. The highest BCUT2D eigenvalue weighted by Gasteiger charge is 2.34. The second kappa shape index (κ2) is 10.0. The van der Waals surface area contributed by atoms with Crippen molar-refractivity contribution in [2.45, 2.75) is 52.4 Å². The zero-order chi connectivity index (χ0) is 23.4. The number of carbonyl (C=O) groups excluding carboxylic acids is 1. The van der Waals surface area contributed by atoms with Crippen LogP contribution in [0.5, 0.6) is 0 Å². The Morgan fingerprint density at radius 3 is 2.61 bits per heavy atom. The Kier molecular flexibility index (Phi) is 6.93. The van der Waals surface area contributed by atoms with Gasteiger partial charge in [0.25, 0.3) is 6.07 Å². The Balaban J connectivity index is 1.48. The van der Waals surface area contributed by atoms with Crippen molar-refractivity contribution < 1.29 is 19.5 Å². The number of amides is 1. The van der Waals surface area contributed by atoms with E-state index in [1.807, 2.05) is 6.92 Å². The van der Waals surface area contributed by atoms with Gasteiger partial charge in [-0.25, -0.2) is 0 Å². The monoisotopic (exact) mass is 448 g/mol. The molecular weight excluding hydrogens is 416 g/mol. The minimum atomic E-state index is -0.478. The van der Waals surface area contributed by atoms with E-state index in [1.165, 1.54) is 31.7 Å². The van der Waals surface area contributed by atoms with E-state index in [4.69, 9.17) is 10.1 Å². The Morgan fingerprint density at radius 2 is 1.94 bits per heavy atom. The van der Waals surface area contributed by atoms with E-state index in [9.17, 15) is 10.0 Å².